The van der Waals surface area contributed by atoms with Crippen molar-refractivity contribution in [3.8, 4) is 5.75 Å². The lowest BCUT2D eigenvalue weighted by atomic mass is 10.2. The molecule has 2 aromatic carbocycles. The van der Waals surface area contributed by atoms with Gasteiger partial charge in [0.1, 0.15) is 28.1 Å². The Kier molecular flexibility index (Phi) is 7.19. The molecule has 0 aliphatic carbocycles. The molecular weight excluding hydrogens is 426 g/mol. The van der Waals surface area contributed by atoms with Crippen molar-refractivity contribution >= 4 is 33.0 Å². The molecular formula is C23H29N5O3S. The third kappa shape index (κ3) is 5.47. The molecule has 32 heavy (non-hydrogen) atoms. The predicted octanol–water partition coefficient (Wildman–Crippen LogP) is 4.49. The molecule has 2 N–H and O–H groups in total. The number of nitrogens with zero attached hydrogens (tertiary/aromatic N) is 3. The predicted molar refractivity (Wildman–Crippen MR) is 129 cm³/mol. The number of methoxy groups -OCH3 is 1. The molecule has 0 spiro atoms. The second-order valence-electron chi connectivity index (χ2n) is 7.29. The zero-order valence-corrected chi connectivity index (χ0v) is 19.8. The standard InChI is InChI=1S/C23H29N5O3S/c1-6-28(7-2)23-15-22(24-17(4)25-23)26-18-9-11-19(12-10-18)27-32(29,30)21-14-16(3)8-13-20(21)31-5/h8-15,27H,6-7H2,1-5H3,(H,24,25,26). The lowest BCUT2D eigenvalue weighted by Crippen LogP contribution is -2.23. The zero-order valence-electron chi connectivity index (χ0n) is 19.0. The van der Waals surface area contributed by atoms with E-state index in [9.17, 15) is 8.42 Å². The molecule has 0 fully saturated rings. The highest BCUT2D eigenvalue weighted by Gasteiger charge is 2.20. The normalized spacial score (nSPS) is 11.2. The van der Waals surface area contributed by atoms with E-state index in [1.54, 1.807) is 42.5 Å². The van der Waals surface area contributed by atoms with Crippen molar-refractivity contribution in [3.63, 3.8) is 0 Å². The zero-order chi connectivity index (χ0) is 23.3. The molecule has 0 aliphatic rings. The minimum Gasteiger partial charge on any atom is -0.495 e. The van der Waals surface area contributed by atoms with Crippen molar-refractivity contribution in [1.82, 2.24) is 9.97 Å². The number of aryl methyl sites for hydroxylation is 2. The van der Waals surface area contributed by atoms with Crippen LogP contribution in [0.3, 0.4) is 0 Å². The summed E-state index contributed by atoms with van der Waals surface area (Å²) in [5.41, 5.74) is 2.06. The van der Waals surface area contributed by atoms with Crippen LogP contribution in [0.2, 0.25) is 0 Å². The van der Waals surface area contributed by atoms with Crippen LogP contribution in [0.25, 0.3) is 0 Å². The quantitative estimate of drug-likeness (QED) is 0.491. The van der Waals surface area contributed by atoms with Crippen LogP contribution in [0.5, 0.6) is 5.75 Å². The molecule has 3 aromatic rings. The summed E-state index contributed by atoms with van der Waals surface area (Å²) < 4.78 is 33.6. The Morgan fingerprint density at radius 3 is 2.22 bits per heavy atom. The van der Waals surface area contributed by atoms with E-state index in [1.165, 1.54) is 7.11 Å². The number of sulfonamides is 1. The summed E-state index contributed by atoms with van der Waals surface area (Å²) in [7, 11) is -2.35. The van der Waals surface area contributed by atoms with Gasteiger partial charge in [0, 0.05) is 30.5 Å². The smallest absolute Gasteiger partial charge is 0.265 e. The number of aromatic nitrogens is 2. The fourth-order valence-corrected chi connectivity index (χ4v) is 4.61. The highest BCUT2D eigenvalue weighted by Crippen LogP contribution is 2.27. The number of hydrogen-bond acceptors (Lipinski definition) is 7. The SMILES string of the molecule is CCN(CC)c1cc(Nc2ccc(NS(=O)(=O)c3cc(C)ccc3OC)cc2)nc(C)n1. The molecule has 0 unspecified atom stereocenters. The Balaban J connectivity index is 1.78. The van der Waals surface area contributed by atoms with Crippen LogP contribution in [0, 0.1) is 13.8 Å². The summed E-state index contributed by atoms with van der Waals surface area (Å²) in [5, 5.41) is 3.26. The van der Waals surface area contributed by atoms with Crippen LogP contribution in [0.1, 0.15) is 25.2 Å². The molecule has 0 bridgehead atoms. The van der Waals surface area contributed by atoms with Gasteiger partial charge in [0.2, 0.25) is 0 Å². The minimum absolute atomic E-state index is 0.0996. The van der Waals surface area contributed by atoms with Gasteiger partial charge in [0.05, 0.1) is 7.11 Å². The van der Waals surface area contributed by atoms with Crippen LogP contribution in [-0.4, -0.2) is 38.6 Å². The van der Waals surface area contributed by atoms with Gasteiger partial charge in [-0.05, 0) is 69.7 Å². The minimum atomic E-state index is -3.80. The summed E-state index contributed by atoms with van der Waals surface area (Å²) >= 11 is 0. The highest BCUT2D eigenvalue weighted by atomic mass is 32.2. The van der Waals surface area contributed by atoms with E-state index in [0.717, 1.165) is 30.2 Å². The van der Waals surface area contributed by atoms with E-state index >= 15 is 0 Å². The van der Waals surface area contributed by atoms with Gasteiger partial charge in [0.25, 0.3) is 10.0 Å². The Labute approximate surface area is 189 Å². The lowest BCUT2D eigenvalue weighted by Gasteiger charge is -2.20. The Morgan fingerprint density at radius 2 is 1.59 bits per heavy atom. The molecule has 1 heterocycles. The van der Waals surface area contributed by atoms with Crippen molar-refractivity contribution in [3.05, 3.63) is 59.9 Å². The van der Waals surface area contributed by atoms with E-state index in [0.29, 0.717) is 23.1 Å². The topological polar surface area (TPSA) is 96.5 Å². The number of benzene rings is 2. The number of ether oxygens (including phenoxy) is 1. The number of hydrogen-bond donors (Lipinski definition) is 2. The molecule has 8 nitrogen and oxygen atoms in total. The van der Waals surface area contributed by atoms with Crippen LogP contribution in [0.4, 0.5) is 23.0 Å². The van der Waals surface area contributed by atoms with Gasteiger partial charge < -0.3 is 15.0 Å². The molecule has 9 heteroatoms. The third-order valence-electron chi connectivity index (χ3n) is 4.93. The van der Waals surface area contributed by atoms with Crippen molar-refractivity contribution in [2.75, 3.05) is 35.1 Å². The largest absolute Gasteiger partial charge is 0.495 e. The second kappa shape index (κ2) is 9.86. The van der Waals surface area contributed by atoms with E-state index in [4.69, 9.17) is 4.74 Å². The first-order valence-electron chi connectivity index (χ1n) is 10.4. The maximum absolute atomic E-state index is 12.9. The molecule has 0 saturated carbocycles. The molecule has 0 atom stereocenters. The lowest BCUT2D eigenvalue weighted by molar-refractivity contribution is 0.402. The van der Waals surface area contributed by atoms with E-state index < -0.39 is 10.0 Å². The second-order valence-corrected chi connectivity index (χ2v) is 8.94. The van der Waals surface area contributed by atoms with Gasteiger partial charge in [-0.1, -0.05) is 6.07 Å². The summed E-state index contributed by atoms with van der Waals surface area (Å²) in [5.74, 6) is 2.51. The van der Waals surface area contributed by atoms with Crippen molar-refractivity contribution in [2.45, 2.75) is 32.6 Å². The monoisotopic (exact) mass is 455 g/mol. The van der Waals surface area contributed by atoms with Crippen molar-refractivity contribution in [2.24, 2.45) is 0 Å². The van der Waals surface area contributed by atoms with Crippen LogP contribution < -0.4 is 19.7 Å². The van der Waals surface area contributed by atoms with Crippen molar-refractivity contribution < 1.29 is 13.2 Å². The molecule has 3 rings (SSSR count). The van der Waals surface area contributed by atoms with E-state index in [-0.39, 0.29) is 4.90 Å². The Morgan fingerprint density at radius 1 is 0.938 bits per heavy atom. The summed E-state index contributed by atoms with van der Waals surface area (Å²) in [6, 6.07) is 13.9. The van der Waals surface area contributed by atoms with Gasteiger partial charge in [-0.15, -0.1) is 0 Å². The van der Waals surface area contributed by atoms with E-state index in [2.05, 4.69) is 38.8 Å². The first-order valence-corrected chi connectivity index (χ1v) is 11.9. The van der Waals surface area contributed by atoms with Gasteiger partial charge in [-0.2, -0.15) is 0 Å². The molecule has 0 amide bonds. The average Bonchev–Trinajstić information content (AvgIpc) is 2.75. The number of anilines is 4. The molecule has 0 aliphatic heterocycles. The van der Waals surface area contributed by atoms with Crippen LogP contribution in [0.15, 0.2) is 53.4 Å². The fourth-order valence-electron chi connectivity index (χ4n) is 3.30. The number of nitrogens with one attached hydrogen (secondary N) is 2. The van der Waals surface area contributed by atoms with Gasteiger partial charge in [-0.3, -0.25) is 4.72 Å². The van der Waals surface area contributed by atoms with Crippen LogP contribution in [-0.2, 0) is 10.0 Å². The van der Waals surface area contributed by atoms with Gasteiger partial charge in [-0.25, -0.2) is 18.4 Å². The molecule has 170 valence electrons. The van der Waals surface area contributed by atoms with Crippen molar-refractivity contribution in [1.29, 1.82) is 0 Å². The number of rotatable bonds is 9. The fraction of sp³-hybridized carbons (Fsp3) is 0.304. The summed E-state index contributed by atoms with van der Waals surface area (Å²) in [4.78, 5) is 11.2. The average molecular weight is 456 g/mol. The van der Waals surface area contributed by atoms with Gasteiger partial charge >= 0.3 is 0 Å². The molecule has 1 aromatic heterocycles. The molecule has 0 saturated heterocycles. The van der Waals surface area contributed by atoms with Gasteiger partial charge in [0.15, 0.2) is 0 Å². The highest BCUT2D eigenvalue weighted by molar-refractivity contribution is 7.92. The first kappa shape index (κ1) is 23.3. The summed E-state index contributed by atoms with van der Waals surface area (Å²) in [6.07, 6.45) is 0. The first-order chi connectivity index (χ1) is 15.2. The Hall–Kier alpha value is -3.33. The maximum atomic E-state index is 12.9. The molecule has 0 radical (unpaired) electrons. The Bertz CT molecular complexity index is 1180. The van der Waals surface area contributed by atoms with E-state index in [1.807, 2.05) is 19.9 Å². The maximum Gasteiger partial charge on any atom is 0.265 e. The summed E-state index contributed by atoms with van der Waals surface area (Å²) in [6.45, 7) is 9.56. The third-order valence-corrected chi connectivity index (χ3v) is 6.33. The van der Waals surface area contributed by atoms with Crippen LogP contribution >= 0.6 is 0 Å².